The highest BCUT2D eigenvalue weighted by molar-refractivity contribution is 4.83. The molecule has 0 aromatic carbocycles. The van der Waals surface area contributed by atoms with Gasteiger partial charge in [-0.05, 0) is 50.0 Å². The Morgan fingerprint density at radius 3 is 2.13 bits per heavy atom. The number of aliphatic hydroxyl groups is 1. The quantitative estimate of drug-likeness (QED) is 0.754. The lowest BCUT2D eigenvalue weighted by Gasteiger charge is -2.38. The van der Waals surface area contributed by atoms with E-state index >= 15 is 0 Å². The zero-order valence-corrected chi connectivity index (χ0v) is 10.7. The normalized spacial score (nSPS) is 30.2. The molecule has 2 N–H and O–H groups in total. The second-order valence-corrected chi connectivity index (χ2v) is 6.10. The average molecular weight is 213 g/mol. The molecular formula is C13H27NO. The Morgan fingerprint density at radius 1 is 1.20 bits per heavy atom. The van der Waals surface area contributed by atoms with Gasteiger partial charge in [0.15, 0.2) is 0 Å². The standard InChI is InChI=1S/C13H27NO/c1-13(2,3)11-7-5-10(6-8-11)12(15)9-14-4/h10-12,14-15H,5-9H2,1-4H3. The molecule has 0 radical (unpaired) electrons. The maximum absolute atomic E-state index is 9.90. The van der Waals surface area contributed by atoms with Gasteiger partial charge in [0, 0.05) is 6.54 Å². The van der Waals surface area contributed by atoms with Crippen LogP contribution in [0.15, 0.2) is 0 Å². The second kappa shape index (κ2) is 5.31. The first-order valence-electron chi connectivity index (χ1n) is 6.28. The van der Waals surface area contributed by atoms with Crippen molar-refractivity contribution in [2.45, 2.75) is 52.6 Å². The minimum absolute atomic E-state index is 0.143. The molecule has 0 bridgehead atoms. The summed E-state index contributed by atoms with van der Waals surface area (Å²) in [5, 5.41) is 13.0. The Hall–Kier alpha value is -0.0800. The third kappa shape index (κ3) is 3.76. The van der Waals surface area contributed by atoms with E-state index in [0.29, 0.717) is 11.3 Å². The van der Waals surface area contributed by atoms with Crippen LogP contribution in [0.25, 0.3) is 0 Å². The number of hydrogen-bond donors (Lipinski definition) is 2. The third-order valence-electron chi connectivity index (χ3n) is 3.95. The first-order chi connectivity index (χ1) is 6.95. The van der Waals surface area contributed by atoms with Gasteiger partial charge in [-0.25, -0.2) is 0 Å². The van der Waals surface area contributed by atoms with Crippen LogP contribution < -0.4 is 5.32 Å². The fourth-order valence-electron chi connectivity index (χ4n) is 2.75. The summed E-state index contributed by atoms with van der Waals surface area (Å²) >= 11 is 0. The summed E-state index contributed by atoms with van der Waals surface area (Å²) in [4.78, 5) is 0. The lowest BCUT2D eigenvalue weighted by Crippen LogP contribution is -2.35. The summed E-state index contributed by atoms with van der Waals surface area (Å²) in [6.45, 7) is 7.75. The van der Waals surface area contributed by atoms with E-state index in [0.717, 1.165) is 12.5 Å². The Bertz CT molecular complexity index is 177. The van der Waals surface area contributed by atoms with E-state index in [2.05, 4.69) is 26.1 Å². The van der Waals surface area contributed by atoms with Crippen LogP contribution in [0.1, 0.15) is 46.5 Å². The molecule has 0 aromatic rings. The average Bonchev–Trinajstić information content (AvgIpc) is 2.17. The Kier molecular flexibility index (Phi) is 4.60. The van der Waals surface area contributed by atoms with E-state index in [-0.39, 0.29) is 6.10 Å². The Morgan fingerprint density at radius 2 is 1.73 bits per heavy atom. The predicted octanol–water partition coefficient (Wildman–Crippen LogP) is 2.42. The molecule has 1 aliphatic carbocycles. The minimum Gasteiger partial charge on any atom is -0.392 e. The molecule has 0 aromatic heterocycles. The van der Waals surface area contributed by atoms with E-state index in [1.165, 1.54) is 25.7 Å². The highest BCUT2D eigenvalue weighted by Gasteiger charge is 2.31. The van der Waals surface area contributed by atoms with E-state index in [4.69, 9.17) is 0 Å². The van der Waals surface area contributed by atoms with Crippen molar-refractivity contribution < 1.29 is 5.11 Å². The van der Waals surface area contributed by atoms with E-state index in [9.17, 15) is 5.11 Å². The fraction of sp³-hybridized carbons (Fsp3) is 1.00. The van der Waals surface area contributed by atoms with Gasteiger partial charge in [0.1, 0.15) is 0 Å². The SMILES string of the molecule is CNCC(O)C1CCC(C(C)(C)C)CC1. The summed E-state index contributed by atoms with van der Waals surface area (Å²) in [6.07, 6.45) is 4.83. The minimum atomic E-state index is -0.143. The van der Waals surface area contributed by atoms with Gasteiger partial charge < -0.3 is 10.4 Å². The Balaban J connectivity index is 2.36. The van der Waals surface area contributed by atoms with E-state index in [1.54, 1.807) is 0 Å². The largest absolute Gasteiger partial charge is 0.392 e. The predicted molar refractivity (Wildman–Crippen MR) is 64.8 cm³/mol. The molecule has 1 aliphatic rings. The van der Waals surface area contributed by atoms with Gasteiger partial charge in [-0.2, -0.15) is 0 Å². The summed E-state index contributed by atoms with van der Waals surface area (Å²) < 4.78 is 0. The molecule has 0 saturated heterocycles. The summed E-state index contributed by atoms with van der Waals surface area (Å²) in [7, 11) is 1.91. The molecule has 2 nitrogen and oxygen atoms in total. The molecule has 0 spiro atoms. The van der Waals surface area contributed by atoms with Crippen LogP contribution >= 0.6 is 0 Å². The number of hydrogen-bond acceptors (Lipinski definition) is 2. The van der Waals surface area contributed by atoms with Crippen LogP contribution in [0.3, 0.4) is 0 Å². The molecule has 1 atom stereocenters. The zero-order chi connectivity index (χ0) is 11.5. The molecule has 90 valence electrons. The Labute approximate surface area is 94.5 Å². The summed E-state index contributed by atoms with van der Waals surface area (Å²) in [5.41, 5.74) is 0.443. The molecule has 0 heterocycles. The van der Waals surface area contributed by atoms with Gasteiger partial charge in [-0.3, -0.25) is 0 Å². The highest BCUT2D eigenvalue weighted by Crippen LogP contribution is 2.40. The molecule has 2 heteroatoms. The maximum Gasteiger partial charge on any atom is 0.0692 e. The smallest absolute Gasteiger partial charge is 0.0692 e. The van der Waals surface area contributed by atoms with Crippen molar-refractivity contribution in [1.29, 1.82) is 0 Å². The molecule has 1 fully saturated rings. The van der Waals surface area contributed by atoms with Crippen molar-refractivity contribution in [3.05, 3.63) is 0 Å². The van der Waals surface area contributed by atoms with Gasteiger partial charge in [0.2, 0.25) is 0 Å². The fourth-order valence-corrected chi connectivity index (χ4v) is 2.75. The number of nitrogens with one attached hydrogen (secondary N) is 1. The van der Waals surface area contributed by atoms with Crippen LogP contribution in [0, 0.1) is 17.3 Å². The second-order valence-electron chi connectivity index (χ2n) is 6.10. The first-order valence-corrected chi connectivity index (χ1v) is 6.28. The molecular weight excluding hydrogens is 186 g/mol. The maximum atomic E-state index is 9.90. The van der Waals surface area contributed by atoms with E-state index < -0.39 is 0 Å². The van der Waals surface area contributed by atoms with Crippen LogP contribution in [0.2, 0.25) is 0 Å². The van der Waals surface area contributed by atoms with E-state index in [1.807, 2.05) is 7.05 Å². The van der Waals surface area contributed by atoms with Crippen molar-refractivity contribution in [1.82, 2.24) is 5.32 Å². The lowest BCUT2D eigenvalue weighted by atomic mass is 9.69. The third-order valence-corrected chi connectivity index (χ3v) is 3.95. The van der Waals surface area contributed by atoms with Gasteiger partial charge in [-0.1, -0.05) is 20.8 Å². The topological polar surface area (TPSA) is 32.3 Å². The van der Waals surface area contributed by atoms with Crippen LogP contribution in [-0.4, -0.2) is 24.8 Å². The summed E-state index contributed by atoms with van der Waals surface area (Å²) in [5.74, 6) is 1.37. The monoisotopic (exact) mass is 213 g/mol. The molecule has 0 aliphatic heterocycles. The number of likely N-dealkylation sites (N-methyl/N-ethyl adjacent to an activating group) is 1. The molecule has 0 amide bonds. The van der Waals surface area contributed by atoms with Crippen molar-refractivity contribution in [2.75, 3.05) is 13.6 Å². The van der Waals surface area contributed by atoms with Crippen LogP contribution in [0.4, 0.5) is 0 Å². The van der Waals surface area contributed by atoms with Gasteiger partial charge >= 0.3 is 0 Å². The lowest BCUT2D eigenvalue weighted by molar-refractivity contribution is 0.0546. The van der Waals surface area contributed by atoms with Gasteiger partial charge in [-0.15, -0.1) is 0 Å². The molecule has 1 saturated carbocycles. The van der Waals surface area contributed by atoms with Crippen LogP contribution in [0.5, 0.6) is 0 Å². The van der Waals surface area contributed by atoms with Crippen molar-refractivity contribution >= 4 is 0 Å². The van der Waals surface area contributed by atoms with Crippen molar-refractivity contribution in [3.8, 4) is 0 Å². The first kappa shape index (κ1) is 13.0. The summed E-state index contributed by atoms with van der Waals surface area (Å²) in [6, 6.07) is 0. The van der Waals surface area contributed by atoms with Gasteiger partial charge in [0.25, 0.3) is 0 Å². The molecule has 1 unspecified atom stereocenters. The number of aliphatic hydroxyl groups excluding tert-OH is 1. The molecule has 1 rings (SSSR count). The highest BCUT2D eigenvalue weighted by atomic mass is 16.3. The van der Waals surface area contributed by atoms with Crippen molar-refractivity contribution in [3.63, 3.8) is 0 Å². The van der Waals surface area contributed by atoms with Crippen molar-refractivity contribution in [2.24, 2.45) is 17.3 Å². The number of rotatable bonds is 3. The van der Waals surface area contributed by atoms with Gasteiger partial charge in [0.05, 0.1) is 6.10 Å². The molecule has 15 heavy (non-hydrogen) atoms. The van der Waals surface area contributed by atoms with Crippen LogP contribution in [-0.2, 0) is 0 Å². The zero-order valence-electron chi connectivity index (χ0n) is 10.7.